The molecule has 11 heavy (non-hydrogen) atoms. The van der Waals surface area contributed by atoms with Crippen molar-refractivity contribution in [3.8, 4) is 0 Å². The Balaban J connectivity index is 2.49. The molecule has 2 atom stereocenters. The van der Waals surface area contributed by atoms with E-state index >= 15 is 0 Å². The third kappa shape index (κ3) is 2.27. The summed E-state index contributed by atoms with van der Waals surface area (Å²) in [6.45, 7) is 0. The monoisotopic (exact) mass is 158 g/mol. The molecule has 1 fully saturated rings. The Morgan fingerprint density at radius 1 is 1.00 bits per heavy atom. The predicted molar refractivity (Wildman–Crippen MR) is 40.1 cm³/mol. The fourth-order valence-corrected chi connectivity index (χ4v) is 1.36. The molecule has 0 spiro atoms. The number of hydrogen-bond acceptors (Lipinski definition) is 3. The van der Waals surface area contributed by atoms with Gasteiger partial charge in [-0.2, -0.15) is 0 Å². The lowest BCUT2D eigenvalue weighted by Crippen LogP contribution is -2.33. The molecule has 1 rings (SSSR count). The molecular weight excluding hydrogens is 144 g/mol. The molecule has 0 aromatic rings. The second-order valence-electron chi connectivity index (χ2n) is 3.07. The van der Waals surface area contributed by atoms with Crippen LogP contribution in [0.1, 0.15) is 32.1 Å². The average molecular weight is 158 g/mol. The van der Waals surface area contributed by atoms with Gasteiger partial charge in [0.25, 0.3) is 0 Å². The summed E-state index contributed by atoms with van der Waals surface area (Å²) in [7, 11) is 0. The maximum atomic E-state index is 11.0. The smallest absolute Gasteiger partial charge is 0.189 e. The highest BCUT2D eigenvalue weighted by Crippen LogP contribution is 2.14. The highest BCUT2D eigenvalue weighted by molar-refractivity contribution is 5.86. The lowest BCUT2D eigenvalue weighted by molar-refractivity contribution is -0.136. The van der Waals surface area contributed by atoms with Gasteiger partial charge >= 0.3 is 0 Å². The lowest BCUT2D eigenvalue weighted by Gasteiger charge is -2.17. The van der Waals surface area contributed by atoms with Crippen LogP contribution in [-0.4, -0.2) is 28.2 Å². The number of rotatable bonds is 0. The Labute approximate surface area is 66.0 Å². The van der Waals surface area contributed by atoms with Gasteiger partial charge in [-0.25, -0.2) is 0 Å². The summed E-state index contributed by atoms with van der Waals surface area (Å²) in [4.78, 5) is 11.0. The zero-order valence-corrected chi connectivity index (χ0v) is 6.49. The van der Waals surface area contributed by atoms with Gasteiger partial charge in [0.15, 0.2) is 5.78 Å². The number of aliphatic hydroxyl groups excluding tert-OH is 2. The predicted octanol–water partition coefficient (Wildman–Crippen LogP) is 0.241. The maximum absolute atomic E-state index is 11.0. The van der Waals surface area contributed by atoms with E-state index in [1.54, 1.807) is 0 Å². The first-order chi connectivity index (χ1) is 5.22. The van der Waals surface area contributed by atoms with E-state index in [0.717, 1.165) is 19.3 Å². The van der Waals surface area contributed by atoms with E-state index in [9.17, 15) is 4.79 Å². The van der Waals surface area contributed by atoms with E-state index in [1.165, 1.54) is 0 Å². The van der Waals surface area contributed by atoms with Gasteiger partial charge in [0.1, 0.15) is 12.2 Å². The van der Waals surface area contributed by atoms with Crippen LogP contribution in [-0.2, 0) is 4.79 Å². The number of hydrogen-bond donors (Lipinski definition) is 2. The van der Waals surface area contributed by atoms with Crippen LogP contribution in [0, 0.1) is 0 Å². The first-order valence-electron chi connectivity index (χ1n) is 4.11. The van der Waals surface area contributed by atoms with Crippen LogP contribution in [0.5, 0.6) is 0 Å². The molecule has 0 unspecified atom stereocenters. The highest BCUT2D eigenvalue weighted by Gasteiger charge is 2.24. The van der Waals surface area contributed by atoms with Crippen molar-refractivity contribution in [1.29, 1.82) is 0 Å². The summed E-state index contributed by atoms with van der Waals surface area (Å²) >= 11 is 0. The van der Waals surface area contributed by atoms with Gasteiger partial charge in [0, 0.05) is 0 Å². The summed E-state index contributed by atoms with van der Waals surface area (Å²) in [5.41, 5.74) is 0. The second-order valence-corrected chi connectivity index (χ2v) is 3.07. The van der Waals surface area contributed by atoms with E-state index in [2.05, 4.69) is 0 Å². The van der Waals surface area contributed by atoms with Gasteiger partial charge in [0.05, 0.1) is 0 Å². The fraction of sp³-hybridized carbons (Fsp3) is 0.875. The lowest BCUT2D eigenvalue weighted by atomic mass is 9.95. The standard InChI is InChI=1S/C8H14O3/c9-6-4-2-1-3-5-7(10)8(6)11/h6-7,9-10H,1-5H2/t6-,7-/m1/s1. The summed E-state index contributed by atoms with van der Waals surface area (Å²) in [5, 5.41) is 18.3. The van der Waals surface area contributed by atoms with Crippen LogP contribution in [0.15, 0.2) is 0 Å². The zero-order chi connectivity index (χ0) is 8.27. The number of ketones is 1. The molecule has 0 heterocycles. The molecule has 0 amide bonds. The normalized spacial score (nSPS) is 34.5. The van der Waals surface area contributed by atoms with E-state index in [4.69, 9.17) is 10.2 Å². The van der Waals surface area contributed by atoms with Crippen molar-refractivity contribution in [3.63, 3.8) is 0 Å². The van der Waals surface area contributed by atoms with Gasteiger partial charge in [-0.3, -0.25) is 4.79 Å². The molecule has 0 saturated heterocycles. The molecule has 3 nitrogen and oxygen atoms in total. The molecule has 0 bridgehead atoms. The van der Waals surface area contributed by atoms with Gasteiger partial charge < -0.3 is 10.2 Å². The van der Waals surface area contributed by atoms with E-state index < -0.39 is 18.0 Å². The summed E-state index contributed by atoms with van der Waals surface area (Å²) in [5.74, 6) is -0.398. The van der Waals surface area contributed by atoms with Crippen LogP contribution < -0.4 is 0 Å². The Hall–Kier alpha value is -0.410. The van der Waals surface area contributed by atoms with Crippen molar-refractivity contribution in [2.45, 2.75) is 44.3 Å². The zero-order valence-electron chi connectivity index (χ0n) is 6.49. The number of aliphatic hydroxyl groups is 2. The molecule has 1 aliphatic carbocycles. The summed E-state index contributed by atoms with van der Waals surface area (Å²) < 4.78 is 0. The third-order valence-electron chi connectivity index (χ3n) is 2.11. The molecule has 64 valence electrons. The molecular formula is C8H14O3. The first-order valence-corrected chi connectivity index (χ1v) is 4.11. The van der Waals surface area contributed by atoms with Gasteiger partial charge in [-0.1, -0.05) is 19.3 Å². The third-order valence-corrected chi connectivity index (χ3v) is 2.11. The van der Waals surface area contributed by atoms with Crippen LogP contribution in [0.4, 0.5) is 0 Å². The minimum absolute atomic E-state index is 0.398. The summed E-state index contributed by atoms with van der Waals surface area (Å²) in [6, 6.07) is 0. The largest absolute Gasteiger partial charge is 0.385 e. The molecule has 2 N–H and O–H groups in total. The molecule has 3 heteroatoms. The SMILES string of the molecule is O=C1[C@H](O)CCCCC[C@H]1O. The summed E-state index contributed by atoms with van der Waals surface area (Å²) in [6.07, 6.45) is 1.95. The number of carbonyl (C=O) groups is 1. The highest BCUT2D eigenvalue weighted by atomic mass is 16.3. The van der Waals surface area contributed by atoms with E-state index in [0.29, 0.717) is 12.8 Å². The Morgan fingerprint density at radius 3 is 1.91 bits per heavy atom. The molecule has 0 aliphatic heterocycles. The van der Waals surface area contributed by atoms with Crippen LogP contribution in [0.3, 0.4) is 0 Å². The van der Waals surface area contributed by atoms with Gasteiger partial charge in [0.2, 0.25) is 0 Å². The first kappa shape index (κ1) is 8.68. The van der Waals surface area contributed by atoms with Crippen molar-refractivity contribution in [1.82, 2.24) is 0 Å². The van der Waals surface area contributed by atoms with Crippen molar-refractivity contribution in [2.75, 3.05) is 0 Å². The molecule has 1 saturated carbocycles. The average Bonchev–Trinajstić information content (AvgIpc) is 2.00. The number of Topliss-reactive ketones (excluding diaryl/α,β-unsaturated/α-hetero) is 1. The van der Waals surface area contributed by atoms with Crippen molar-refractivity contribution >= 4 is 5.78 Å². The van der Waals surface area contributed by atoms with Crippen molar-refractivity contribution in [2.24, 2.45) is 0 Å². The molecule has 0 aromatic carbocycles. The van der Waals surface area contributed by atoms with Crippen LogP contribution in [0.25, 0.3) is 0 Å². The van der Waals surface area contributed by atoms with Crippen molar-refractivity contribution < 1.29 is 15.0 Å². The second kappa shape index (κ2) is 3.83. The van der Waals surface area contributed by atoms with Crippen LogP contribution >= 0.6 is 0 Å². The molecule has 0 aromatic heterocycles. The fourth-order valence-electron chi connectivity index (χ4n) is 1.36. The minimum Gasteiger partial charge on any atom is -0.385 e. The van der Waals surface area contributed by atoms with Crippen LogP contribution in [0.2, 0.25) is 0 Å². The molecule has 1 aliphatic rings. The number of carbonyl (C=O) groups excluding carboxylic acids is 1. The Kier molecular flexibility index (Phi) is 3.02. The Morgan fingerprint density at radius 2 is 1.45 bits per heavy atom. The quantitative estimate of drug-likeness (QED) is 0.531. The topological polar surface area (TPSA) is 57.5 Å². The van der Waals surface area contributed by atoms with Gasteiger partial charge in [-0.15, -0.1) is 0 Å². The molecule has 0 radical (unpaired) electrons. The minimum atomic E-state index is -0.926. The van der Waals surface area contributed by atoms with E-state index in [-0.39, 0.29) is 0 Å². The van der Waals surface area contributed by atoms with Gasteiger partial charge in [-0.05, 0) is 12.8 Å². The Bertz CT molecular complexity index is 130. The van der Waals surface area contributed by atoms with E-state index in [1.807, 2.05) is 0 Å². The van der Waals surface area contributed by atoms with Crippen molar-refractivity contribution in [3.05, 3.63) is 0 Å². The maximum Gasteiger partial charge on any atom is 0.189 e.